The number of amides is 1. The maximum atomic E-state index is 12.6. The minimum absolute atomic E-state index is 0.0107. The van der Waals surface area contributed by atoms with E-state index in [2.05, 4.69) is 10.3 Å². The highest BCUT2D eigenvalue weighted by molar-refractivity contribution is 7.89. The lowest BCUT2D eigenvalue weighted by atomic mass is 10.1. The third kappa shape index (κ3) is 4.78. The number of hydrogen-bond donors (Lipinski definition) is 1. The van der Waals surface area contributed by atoms with E-state index in [0.29, 0.717) is 24.3 Å². The molecule has 0 aliphatic carbocycles. The number of carbonyl (C=O) groups excluding carboxylic acids is 2. The number of anilines is 1. The fourth-order valence-electron chi connectivity index (χ4n) is 2.93. The number of nitrogens with one attached hydrogen (secondary N) is 1. The molecule has 3 rings (SSSR count). The van der Waals surface area contributed by atoms with Crippen molar-refractivity contribution in [3.63, 3.8) is 0 Å². The fourth-order valence-corrected chi connectivity index (χ4v) is 4.50. The first-order valence-electron chi connectivity index (χ1n) is 8.80. The molecular weight excluding hydrogens is 366 g/mol. The van der Waals surface area contributed by atoms with E-state index >= 15 is 0 Å². The normalized spacial score (nSPS) is 14.8. The van der Waals surface area contributed by atoms with Crippen LogP contribution in [0.2, 0.25) is 0 Å². The third-order valence-electron chi connectivity index (χ3n) is 4.38. The highest BCUT2D eigenvalue weighted by atomic mass is 32.2. The Hall–Kier alpha value is -2.58. The summed E-state index contributed by atoms with van der Waals surface area (Å²) in [5, 5.41) is 2.66. The molecule has 0 atom stereocenters. The van der Waals surface area contributed by atoms with Crippen LogP contribution in [0.3, 0.4) is 0 Å². The lowest BCUT2D eigenvalue weighted by Crippen LogP contribution is -2.27. The number of aromatic nitrogens is 1. The molecule has 0 bridgehead atoms. The molecule has 0 radical (unpaired) electrons. The van der Waals surface area contributed by atoms with Crippen LogP contribution >= 0.6 is 0 Å². The van der Waals surface area contributed by atoms with Crippen molar-refractivity contribution < 1.29 is 18.0 Å². The van der Waals surface area contributed by atoms with Gasteiger partial charge in [0.15, 0.2) is 5.78 Å². The summed E-state index contributed by atoms with van der Waals surface area (Å²) in [6.07, 6.45) is 4.83. The Kier molecular flexibility index (Phi) is 5.98. The van der Waals surface area contributed by atoms with Gasteiger partial charge in [0, 0.05) is 49.6 Å². The molecule has 0 unspecified atom stereocenters. The van der Waals surface area contributed by atoms with Gasteiger partial charge in [0.05, 0.1) is 4.90 Å². The smallest absolute Gasteiger partial charge is 0.243 e. The Bertz CT molecular complexity index is 923. The Labute approximate surface area is 158 Å². The standard InChI is InChI=1S/C19H21N3O4S/c23-18(15-5-4-10-20-14-15)8-9-19(24)21-16-6-3-7-17(13-16)27(25,26)22-11-1-2-12-22/h3-7,10,13-14H,1-2,8-9,11-12H2,(H,21,24). The van der Waals surface area contributed by atoms with Crippen molar-refractivity contribution in [3.05, 3.63) is 54.4 Å². The molecule has 1 amide bonds. The maximum Gasteiger partial charge on any atom is 0.243 e. The number of benzene rings is 1. The summed E-state index contributed by atoms with van der Waals surface area (Å²) in [5.41, 5.74) is 0.859. The van der Waals surface area contributed by atoms with Crippen LogP contribution in [0.15, 0.2) is 53.7 Å². The average molecular weight is 387 g/mol. The van der Waals surface area contributed by atoms with Crippen LogP contribution in [0.1, 0.15) is 36.0 Å². The zero-order chi connectivity index (χ0) is 19.3. The molecular formula is C19H21N3O4S. The number of sulfonamides is 1. The van der Waals surface area contributed by atoms with Crippen molar-refractivity contribution in [2.45, 2.75) is 30.6 Å². The molecule has 2 heterocycles. The zero-order valence-electron chi connectivity index (χ0n) is 14.8. The van der Waals surface area contributed by atoms with Crippen molar-refractivity contribution in [3.8, 4) is 0 Å². The minimum atomic E-state index is -3.54. The highest BCUT2D eigenvalue weighted by Gasteiger charge is 2.27. The summed E-state index contributed by atoms with van der Waals surface area (Å²) in [4.78, 5) is 28.2. The summed E-state index contributed by atoms with van der Waals surface area (Å²) in [5.74, 6) is -0.508. The largest absolute Gasteiger partial charge is 0.326 e. The molecule has 1 aromatic carbocycles. The van der Waals surface area contributed by atoms with Crippen LogP contribution in [0.4, 0.5) is 5.69 Å². The molecule has 142 valence electrons. The molecule has 27 heavy (non-hydrogen) atoms. The second-order valence-electron chi connectivity index (χ2n) is 6.35. The van der Waals surface area contributed by atoms with E-state index in [1.54, 1.807) is 30.5 Å². The second kappa shape index (κ2) is 8.41. The van der Waals surface area contributed by atoms with Gasteiger partial charge in [-0.1, -0.05) is 6.07 Å². The SMILES string of the molecule is O=C(CCC(=O)c1cccnc1)Nc1cccc(S(=O)(=O)N2CCCC2)c1. The van der Waals surface area contributed by atoms with Gasteiger partial charge in [0.1, 0.15) is 0 Å². The maximum absolute atomic E-state index is 12.6. The minimum Gasteiger partial charge on any atom is -0.326 e. The molecule has 0 saturated carbocycles. The number of pyridine rings is 1. The first-order valence-corrected chi connectivity index (χ1v) is 10.2. The number of hydrogen-bond acceptors (Lipinski definition) is 5. The molecule has 8 heteroatoms. The Morgan fingerprint density at radius 2 is 1.85 bits per heavy atom. The first kappa shape index (κ1) is 19.2. The van der Waals surface area contributed by atoms with Crippen molar-refractivity contribution in [2.24, 2.45) is 0 Å². The quantitative estimate of drug-likeness (QED) is 0.736. The van der Waals surface area contributed by atoms with Crippen LogP contribution in [-0.4, -0.2) is 42.5 Å². The lowest BCUT2D eigenvalue weighted by Gasteiger charge is -2.16. The molecule has 7 nitrogen and oxygen atoms in total. The van der Waals surface area contributed by atoms with Gasteiger partial charge in [-0.05, 0) is 43.2 Å². The predicted molar refractivity (Wildman–Crippen MR) is 101 cm³/mol. The summed E-state index contributed by atoms with van der Waals surface area (Å²) in [6.45, 7) is 1.05. The van der Waals surface area contributed by atoms with Gasteiger partial charge in [0.2, 0.25) is 15.9 Å². The number of ketones is 1. The van der Waals surface area contributed by atoms with Crippen molar-refractivity contribution in [1.29, 1.82) is 0 Å². The third-order valence-corrected chi connectivity index (χ3v) is 6.28. The Morgan fingerprint density at radius 3 is 2.56 bits per heavy atom. The zero-order valence-corrected chi connectivity index (χ0v) is 15.6. The van der Waals surface area contributed by atoms with Crippen molar-refractivity contribution in [1.82, 2.24) is 9.29 Å². The van der Waals surface area contributed by atoms with Crippen molar-refractivity contribution >= 4 is 27.4 Å². The van der Waals surface area contributed by atoms with Gasteiger partial charge in [-0.3, -0.25) is 14.6 Å². The van der Waals surface area contributed by atoms with E-state index in [-0.39, 0.29) is 29.4 Å². The van der Waals surface area contributed by atoms with Gasteiger partial charge >= 0.3 is 0 Å². The molecule has 0 spiro atoms. The summed E-state index contributed by atoms with van der Waals surface area (Å²) >= 11 is 0. The Balaban J connectivity index is 1.61. The molecule has 1 aromatic heterocycles. The van der Waals surface area contributed by atoms with Crippen LogP contribution in [0.25, 0.3) is 0 Å². The average Bonchev–Trinajstić information content (AvgIpc) is 3.23. The lowest BCUT2D eigenvalue weighted by molar-refractivity contribution is -0.116. The van der Waals surface area contributed by atoms with Crippen LogP contribution < -0.4 is 5.32 Å². The summed E-state index contributed by atoms with van der Waals surface area (Å²) < 4.78 is 26.7. The number of rotatable bonds is 7. The predicted octanol–water partition coefficient (Wildman–Crippen LogP) is 2.47. The molecule has 1 N–H and O–H groups in total. The number of carbonyl (C=O) groups is 2. The van der Waals surface area contributed by atoms with E-state index in [9.17, 15) is 18.0 Å². The number of Topliss-reactive ketones (excluding diaryl/α,β-unsaturated/α-hetero) is 1. The number of nitrogens with zero attached hydrogens (tertiary/aromatic N) is 2. The fraction of sp³-hybridized carbons (Fsp3) is 0.316. The van der Waals surface area contributed by atoms with Gasteiger partial charge in [-0.25, -0.2) is 8.42 Å². The highest BCUT2D eigenvalue weighted by Crippen LogP contribution is 2.23. The van der Waals surface area contributed by atoms with E-state index in [4.69, 9.17) is 0 Å². The van der Waals surface area contributed by atoms with E-state index < -0.39 is 10.0 Å². The molecule has 1 saturated heterocycles. The summed E-state index contributed by atoms with van der Waals surface area (Å²) in [7, 11) is -3.54. The molecule has 2 aromatic rings. The van der Waals surface area contributed by atoms with E-state index in [1.807, 2.05) is 0 Å². The van der Waals surface area contributed by atoms with Crippen LogP contribution in [0, 0.1) is 0 Å². The van der Waals surface area contributed by atoms with Crippen molar-refractivity contribution in [2.75, 3.05) is 18.4 Å². The van der Waals surface area contributed by atoms with Crippen LogP contribution in [0.5, 0.6) is 0 Å². The monoisotopic (exact) mass is 387 g/mol. The van der Waals surface area contributed by atoms with Gasteiger partial charge in [-0.2, -0.15) is 4.31 Å². The first-order chi connectivity index (χ1) is 13.0. The summed E-state index contributed by atoms with van der Waals surface area (Å²) in [6, 6.07) is 9.52. The van der Waals surface area contributed by atoms with Crippen LogP contribution in [-0.2, 0) is 14.8 Å². The molecule has 1 aliphatic heterocycles. The molecule has 1 fully saturated rings. The van der Waals surface area contributed by atoms with Gasteiger partial charge in [0.25, 0.3) is 0 Å². The van der Waals surface area contributed by atoms with E-state index in [1.165, 1.54) is 22.6 Å². The second-order valence-corrected chi connectivity index (χ2v) is 8.29. The Morgan fingerprint density at radius 1 is 1.07 bits per heavy atom. The topological polar surface area (TPSA) is 96.4 Å². The molecule has 1 aliphatic rings. The van der Waals surface area contributed by atoms with Gasteiger partial charge < -0.3 is 5.32 Å². The van der Waals surface area contributed by atoms with Gasteiger partial charge in [-0.15, -0.1) is 0 Å². The van der Waals surface area contributed by atoms with E-state index in [0.717, 1.165) is 12.8 Å².